The van der Waals surface area contributed by atoms with E-state index in [0.717, 1.165) is 15.8 Å². The Bertz CT molecular complexity index is 863. The lowest BCUT2D eigenvalue weighted by molar-refractivity contribution is 0.0697. The van der Waals surface area contributed by atoms with E-state index < -0.39 is 5.97 Å². The maximum Gasteiger partial charge on any atom is 0.335 e. The first kappa shape index (κ1) is 14.6. The number of aromatic nitrogens is 1. The average Bonchev–Trinajstić information content (AvgIpc) is 2.90. The van der Waals surface area contributed by atoms with E-state index in [1.807, 2.05) is 0 Å². The third kappa shape index (κ3) is 2.98. The molecule has 0 spiro atoms. The van der Waals surface area contributed by atoms with Crippen LogP contribution in [-0.2, 0) is 6.54 Å². The minimum atomic E-state index is -0.955. The molecule has 112 valence electrons. The van der Waals surface area contributed by atoms with Crippen LogP contribution in [0.1, 0.15) is 15.9 Å². The van der Waals surface area contributed by atoms with E-state index in [0.29, 0.717) is 16.7 Å². The van der Waals surface area contributed by atoms with Crippen molar-refractivity contribution in [1.29, 1.82) is 0 Å². The molecule has 0 amide bonds. The monoisotopic (exact) mass is 334 g/mol. The Morgan fingerprint density at radius 3 is 2.82 bits per heavy atom. The number of carboxylic acid groups (broad SMARTS) is 1. The number of fused-ring (bicyclic) bond motifs is 1. The normalized spacial score (nSPS) is 10.8. The Kier molecular flexibility index (Phi) is 3.87. The molecule has 3 aromatic rings. The van der Waals surface area contributed by atoms with Gasteiger partial charge in [0.25, 0.3) is 0 Å². The number of thiazole rings is 1. The van der Waals surface area contributed by atoms with Crippen LogP contribution in [0.25, 0.3) is 10.2 Å². The largest absolute Gasteiger partial charge is 0.506 e. The van der Waals surface area contributed by atoms with E-state index in [4.69, 9.17) is 16.7 Å². The van der Waals surface area contributed by atoms with Gasteiger partial charge in [0.15, 0.2) is 5.13 Å². The highest BCUT2D eigenvalue weighted by Gasteiger charge is 2.08. The first-order chi connectivity index (χ1) is 10.5. The molecule has 0 radical (unpaired) electrons. The molecule has 3 N–H and O–H groups in total. The number of aromatic hydroxyl groups is 1. The molecule has 0 unspecified atom stereocenters. The van der Waals surface area contributed by atoms with Gasteiger partial charge in [-0.2, -0.15) is 0 Å². The van der Waals surface area contributed by atoms with Gasteiger partial charge in [-0.1, -0.05) is 29.0 Å². The van der Waals surface area contributed by atoms with Gasteiger partial charge in [0.1, 0.15) is 5.75 Å². The summed E-state index contributed by atoms with van der Waals surface area (Å²) in [5.41, 5.74) is 1.91. The number of hydrogen-bond donors (Lipinski definition) is 3. The van der Waals surface area contributed by atoms with Gasteiger partial charge in [-0.3, -0.25) is 0 Å². The fourth-order valence-electron chi connectivity index (χ4n) is 1.97. The highest BCUT2D eigenvalue weighted by Crippen LogP contribution is 2.28. The predicted octanol–water partition coefficient (Wildman–Crippen LogP) is 3.97. The van der Waals surface area contributed by atoms with Crippen molar-refractivity contribution in [3.63, 3.8) is 0 Å². The van der Waals surface area contributed by atoms with Gasteiger partial charge < -0.3 is 15.5 Å². The van der Waals surface area contributed by atoms with Crippen molar-refractivity contribution < 1.29 is 15.0 Å². The Hall–Kier alpha value is -2.31. The van der Waals surface area contributed by atoms with Gasteiger partial charge in [-0.15, -0.1) is 0 Å². The maximum atomic E-state index is 11.0. The lowest BCUT2D eigenvalue weighted by Crippen LogP contribution is -1.98. The van der Waals surface area contributed by atoms with E-state index in [9.17, 15) is 9.90 Å². The smallest absolute Gasteiger partial charge is 0.335 e. The first-order valence-electron chi connectivity index (χ1n) is 6.38. The van der Waals surface area contributed by atoms with Crippen LogP contribution >= 0.6 is 22.9 Å². The highest BCUT2D eigenvalue weighted by atomic mass is 35.5. The Balaban J connectivity index is 1.79. The third-order valence-corrected chi connectivity index (χ3v) is 4.37. The molecule has 22 heavy (non-hydrogen) atoms. The first-order valence-corrected chi connectivity index (χ1v) is 7.57. The summed E-state index contributed by atoms with van der Waals surface area (Å²) in [6.07, 6.45) is 0. The number of benzene rings is 2. The molecule has 7 heteroatoms. The standard InChI is InChI=1S/C15H11ClN2O3S/c16-10-5-8(1-4-12(10)19)7-17-15-18-11-3-2-9(14(20)21)6-13(11)22-15/h1-6,19H,7H2,(H,17,18)(H,20,21). The molecule has 0 aliphatic carbocycles. The van der Waals surface area contributed by atoms with Crippen molar-refractivity contribution in [3.8, 4) is 5.75 Å². The minimum absolute atomic E-state index is 0.0478. The Morgan fingerprint density at radius 1 is 1.27 bits per heavy atom. The number of hydrogen-bond acceptors (Lipinski definition) is 5. The van der Waals surface area contributed by atoms with Crippen molar-refractivity contribution >= 4 is 44.3 Å². The summed E-state index contributed by atoms with van der Waals surface area (Å²) in [5.74, 6) is -0.907. The number of phenolic OH excluding ortho intramolecular Hbond substituents is 1. The van der Waals surface area contributed by atoms with Gasteiger partial charge in [0, 0.05) is 6.54 Å². The number of aromatic carboxylic acids is 1. The molecule has 1 heterocycles. The summed E-state index contributed by atoms with van der Waals surface area (Å²) in [4.78, 5) is 15.4. The zero-order valence-electron chi connectivity index (χ0n) is 11.2. The molecule has 0 aliphatic heterocycles. The van der Waals surface area contributed by atoms with Gasteiger partial charge >= 0.3 is 5.97 Å². The molecule has 0 saturated heterocycles. The van der Waals surface area contributed by atoms with Crippen LogP contribution in [0.2, 0.25) is 5.02 Å². The summed E-state index contributed by atoms with van der Waals surface area (Å²) < 4.78 is 0.811. The van der Waals surface area contributed by atoms with Gasteiger partial charge in [-0.25, -0.2) is 9.78 Å². The van der Waals surface area contributed by atoms with Crippen LogP contribution in [0, 0.1) is 0 Å². The van der Waals surface area contributed by atoms with E-state index in [1.165, 1.54) is 23.5 Å². The van der Waals surface area contributed by atoms with E-state index in [2.05, 4.69) is 10.3 Å². The van der Waals surface area contributed by atoms with Gasteiger partial charge in [0.05, 0.1) is 20.8 Å². The van der Waals surface area contributed by atoms with E-state index in [-0.39, 0.29) is 11.3 Å². The molecule has 0 atom stereocenters. The molecule has 3 rings (SSSR count). The lowest BCUT2D eigenvalue weighted by Gasteiger charge is -2.04. The number of carboxylic acids is 1. The topological polar surface area (TPSA) is 82.5 Å². The second kappa shape index (κ2) is 5.82. The number of anilines is 1. The minimum Gasteiger partial charge on any atom is -0.506 e. The quantitative estimate of drug-likeness (QED) is 0.672. The van der Waals surface area contributed by atoms with Crippen LogP contribution in [0.15, 0.2) is 36.4 Å². The number of halogens is 1. The maximum absolute atomic E-state index is 11.0. The number of rotatable bonds is 4. The second-order valence-electron chi connectivity index (χ2n) is 4.65. The van der Waals surface area contributed by atoms with Crippen molar-refractivity contribution in [2.75, 3.05) is 5.32 Å². The summed E-state index contributed by atoms with van der Waals surface area (Å²) in [7, 11) is 0. The fourth-order valence-corrected chi connectivity index (χ4v) is 3.08. The SMILES string of the molecule is O=C(O)c1ccc2nc(NCc3ccc(O)c(Cl)c3)sc2c1. The zero-order valence-corrected chi connectivity index (χ0v) is 12.8. The van der Waals surface area contributed by atoms with Crippen molar-refractivity contribution in [3.05, 3.63) is 52.5 Å². The molecular formula is C15H11ClN2O3S. The molecular weight excluding hydrogens is 324 g/mol. The van der Waals surface area contributed by atoms with Gasteiger partial charge in [-0.05, 0) is 35.9 Å². The van der Waals surface area contributed by atoms with E-state index in [1.54, 1.807) is 24.3 Å². The number of carbonyl (C=O) groups is 1. The van der Waals surface area contributed by atoms with Crippen LogP contribution in [0.3, 0.4) is 0 Å². The second-order valence-corrected chi connectivity index (χ2v) is 6.08. The van der Waals surface area contributed by atoms with Crippen LogP contribution < -0.4 is 5.32 Å². The number of nitrogens with one attached hydrogen (secondary N) is 1. The van der Waals surface area contributed by atoms with Crippen LogP contribution in [0.5, 0.6) is 5.75 Å². The molecule has 0 aliphatic rings. The molecule has 5 nitrogen and oxygen atoms in total. The molecule has 1 aromatic heterocycles. The molecule has 0 bridgehead atoms. The summed E-state index contributed by atoms with van der Waals surface area (Å²) >= 11 is 7.25. The summed E-state index contributed by atoms with van der Waals surface area (Å²) in [6.45, 7) is 0.506. The van der Waals surface area contributed by atoms with Gasteiger partial charge in [0.2, 0.25) is 0 Å². The molecule has 0 fully saturated rings. The Labute approximate surface area is 134 Å². The fraction of sp³-hybridized carbons (Fsp3) is 0.0667. The van der Waals surface area contributed by atoms with Crippen LogP contribution in [-0.4, -0.2) is 21.2 Å². The van der Waals surface area contributed by atoms with Crippen molar-refractivity contribution in [1.82, 2.24) is 4.98 Å². The van der Waals surface area contributed by atoms with Crippen molar-refractivity contribution in [2.24, 2.45) is 0 Å². The number of phenols is 1. The third-order valence-electron chi connectivity index (χ3n) is 3.09. The predicted molar refractivity (Wildman–Crippen MR) is 87.0 cm³/mol. The molecule has 2 aromatic carbocycles. The van der Waals surface area contributed by atoms with Crippen molar-refractivity contribution in [2.45, 2.75) is 6.54 Å². The highest BCUT2D eigenvalue weighted by molar-refractivity contribution is 7.22. The summed E-state index contributed by atoms with van der Waals surface area (Å²) in [6, 6.07) is 9.82. The van der Waals surface area contributed by atoms with Crippen LogP contribution in [0.4, 0.5) is 5.13 Å². The van der Waals surface area contributed by atoms with E-state index >= 15 is 0 Å². The number of nitrogens with zero attached hydrogens (tertiary/aromatic N) is 1. The zero-order chi connectivity index (χ0) is 15.7. The molecule has 0 saturated carbocycles. The average molecular weight is 335 g/mol. The summed E-state index contributed by atoms with van der Waals surface area (Å²) in [5, 5.41) is 22.5. The Morgan fingerprint density at radius 2 is 2.09 bits per heavy atom. The lowest BCUT2D eigenvalue weighted by atomic mass is 10.2.